The molecule has 0 N–H and O–H groups in total. The zero-order valence-electron chi connectivity index (χ0n) is 48.6. The van der Waals surface area contributed by atoms with Crippen molar-refractivity contribution >= 4 is 72.3 Å². The summed E-state index contributed by atoms with van der Waals surface area (Å²) in [5.41, 5.74) is 24.8. The van der Waals surface area contributed by atoms with Gasteiger partial charge < -0.3 is 9.80 Å². The van der Waals surface area contributed by atoms with Crippen LogP contribution in [0.15, 0.2) is 108 Å². The van der Waals surface area contributed by atoms with Crippen LogP contribution in [0.25, 0.3) is 21.2 Å². The van der Waals surface area contributed by atoms with Crippen LogP contribution in [0, 0.1) is 16.7 Å². The summed E-state index contributed by atoms with van der Waals surface area (Å²) >= 11 is 2.03. The molecule has 2 nitrogen and oxygen atoms in total. The highest BCUT2D eigenvalue weighted by Crippen LogP contribution is 2.58. The second-order valence-electron chi connectivity index (χ2n) is 30.2. The van der Waals surface area contributed by atoms with Crippen molar-refractivity contribution in [1.82, 2.24) is 0 Å². The molecule has 4 aliphatic carbocycles. The summed E-state index contributed by atoms with van der Waals surface area (Å²) < 4.78 is 1.39. The van der Waals surface area contributed by atoms with Crippen molar-refractivity contribution in [2.45, 2.75) is 202 Å². The van der Waals surface area contributed by atoms with Gasteiger partial charge in [-0.15, -0.1) is 11.3 Å². The SMILES string of the molecule is CC1(C)CCC(C)(C)C2CC=C(N3c4cc5c(cc4B4c6c3cc(-c3ccccc3C(C)(C)C)cc6N(c3ccc6c(c3)C(C)(C)CCC6(C)C)c3sc6cc(C(C)(C)C)ccc6c34)C(C)(C)CCC5(C)C)C=C21. The van der Waals surface area contributed by atoms with E-state index < -0.39 is 0 Å². The van der Waals surface area contributed by atoms with Crippen molar-refractivity contribution in [3.05, 3.63) is 142 Å². The maximum Gasteiger partial charge on any atom is 0.254 e. The van der Waals surface area contributed by atoms with Gasteiger partial charge in [-0.05, 0) is 203 Å². The third kappa shape index (κ3) is 7.50. The molecule has 4 heteroatoms. The van der Waals surface area contributed by atoms with Crippen molar-refractivity contribution in [3.8, 4) is 11.1 Å². The van der Waals surface area contributed by atoms with E-state index in [2.05, 4.69) is 232 Å². The largest absolute Gasteiger partial charge is 0.312 e. The van der Waals surface area contributed by atoms with Gasteiger partial charge in [-0.2, -0.15) is 0 Å². The molecule has 0 radical (unpaired) electrons. The van der Waals surface area contributed by atoms with E-state index in [0.717, 1.165) is 6.42 Å². The molecule has 0 amide bonds. The molecule has 1 fully saturated rings. The Labute approximate surface area is 451 Å². The molecule has 384 valence electrons. The van der Waals surface area contributed by atoms with E-state index in [-0.39, 0.29) is 50.0 Å². The van der Waals surface area contributed by atoms with Crippen molar-refractivity contribution in [2.75, 3.05) is 9.80 Å². The monoisotopic (exact) mass is 997 g/mol. The summed E-state index contributed by atoms with van der Waals surface area (Å²) in [5, 5.41) is 2.77. The zero-order valence-corrected chi connectivity index (χ0v) is 49.5. The summed E-state index contributed by atoms with van der Waals surface area (Å²) in [6.07, 6.45) is 13.6. The van der Waals surface area contributed by atoms with Crippen LogP contribution in [0.2, 0.25) is 0 Å². The fourth-order valence-corrected chi connectivity index (χ4v) is 16.4. The molecule has 3 heterocycles. The van der Waals surface area contributed by atoms with E-state index in [0.29, 0.717) is 5.92 Å². The minimum atomic E-state index is -0.0549. The van der Waals surface area contributed by atoms with Crippen LogP contribution >= 0.6 is 11.3 Å². The van der Waals surface area contributed by atoms with E-state index in [1.165, 1.54) is 143 Å². The minimum absolute atomic E-state index is 0.0273. The standard InChI is InChI=1S/C70H85BN2S/c1-63(2,3)43-23-26-47-59(37-43)74-62-60(47)71-55-40-53-54(70(17,18)34-33-69(53,15)16)41-56(55)72(44-24-27-49-51(38-44)67(11,12)31-29-65(49,7)8)57-35-42(46-21-19-20-22-48(46)64(4,5)6)36-58(61(57)71)73(62)45-25-28-50-52(39-45)68(13,14)32-30-66(50,9)10/h19-26,28,35-41,49H,27,29-34H2,1-18H3. The predicted molar refractivity (Wildman–Crippen MR) is 324 cm³/mol. The number of rotatable bonds is 3. The average molecular weight is 997 g/mol. The van der Waals surface area contributed by atoms with Crippen LogP contribution in [0.4, 0.5) is 27.8 Å². The van der Waals surface area contributed by atoms with Crippen molar-refractivity contribution in [3.63, 3.8) is 0 Å². The zero-order chi connectivity index (χ0) is 52.8. The number of benzene rings is 5. The van der Waals surface area contributed by atoms with Gasteiger partial charge in [0, 0.05) is 33.1 Å². The minimum Gasteiger partial charge on any atom is -0.312 e. The molecule has 2 aliphatic heterocycles. The second-order valence-corrected chi connectivity index (χ2v) is 31.3. The quantitative estimate of drug-likeness (QED) is 0.163. The lowest BCUT2D eigenvalue weighted by Crippen LogP contribution is -2.62. The number of allylic oxidation sites excluding steroid dienone is 3. The average Bonchev–Trinajstić information content (AvgIpc) is 3.71. The van der Waals surface area contributed by atoms with Crippen molar-refractivity contribution in [1.29, 1.82) is 0 Å². The molecule has 0 spiro atoms. The Morgan fingerprint density at radius 1 is 0.541 bits per heavy atom. The first kappa shape index (κ1) is 50.0. The summed E-state index contributed by atoms with van der Waals surface area (Å²) in [4.78, 5) is 5.57. The molecule has 74 heavy (non-hydrogen) atoms. The molecule has 0 bridgehead atoms. The van der Waals surface area contributed by atoms with Gasteiger partial charge >= 0.3 is 0 Å². The lowest BCUT2D eigenvalue weighted by atomic mass is 9.33. The number of fused-ring (bicyclic) bond motifs is 9. The Morgan fingerprint density at radius 2 is 1.14 bits per heavy atom. The highest BCUT2D eigenvalue weighted by molar-refractivity contribution is 7.26. The van der Waals surface area contributed by atoms with E-state index >= 15 is 0 Å². The molecule has 1 aromatic heterocycles. The van der Waals surface area contributed by atoms with Gasteiger partial charge in [-0.3, -0.25) is 0 Å². The Bertz CT molecular complexity index is 3420. The smallest absolute Gasteiger partial charge is 0.254 e. The van der Waals surface area contributed by atoms with E-state index in [1.54, 1.807) is 5.57 Å². The number of anilines is 5. The third-order valence-corrected chi connectivity index (χ3v) is 21.4. The van der Waals surface area contributed by atoms with Crippen LogP contribution in [0.5, 0.6) is 0 Å². The molecular formula is C70H85BN2S. The molecule has 5 aromatic carbocycles. The van der Waals surface area contributed by atoms with E-state index in [9.17, 15) is 0 Å². The van der Waals surface area contributed by atoms with Crippen LogP contribution in [0.3, 0.4) is 0 Å². The Morgan fingerprint density at radius 3 is 1.78 bits per heavy atom. The van der Waals surface area contributed by atoms with Crippen LogP contribution in [-0.2, 0) is 32.5 Å². The Balaban J connectivity index is 1.25. The summed E-state index contributed by atoms with van der Waals surface area (Å²) in [5.74, 6) is 0.528. The normalized spacial score (nSPS) is 22.4. The van der Waals surface area contributed by atoms with Crippen molar-refractivity contribution < 1.29 is 0 Å². The summed E-state index contributed by atoms with van der Waals surface area (Å²) in [7, 11) is 0. The molecule has 6 aromatic rings. The number of thiophene rings is 1. The fourth-order valence-electron chi connectivity index (χ4n) is 15.0. The van der Waals surface area contributed by atoms with E-state index in [4.69, 9.17) is 0 Å². The van der Waals surface area contributed by atoms with E-state index in [1.807, 2.05) is 11.3 Å². The number of hydrogen-bond donors (Lipinski definition) is 0. The summed E-state index contributed by atoms with van der Waals surface area (Å²) in [6.45, 7) is 44.4. The van der Waals surface area contributed by atoms with Gasteiger partial charge in [0.2, 0.25) is 0 Å². The fraction of sp³-hybridized carbons (Fsp3) is 0.486. The number of hydrogen-bond acceptors (Lipinski definition) is 3. The molecule has 0 saturated heterocycles. The van der Waals surface area contributed by atoms with Crippen molar-refractivity contribution in [2.24, 2.45) is 16.7 Å². The maximum absolute atomic E-state index is 2.81. The lowest BCUT2D eigenvalue weighted by molar-refractivity contribution is 0.123. The van der Waals surface area contributed by atoms with Gasteiger partial charge in [0.15, 0.2) is 0 Å². The van der Waals surface area contributed by atoms with Crippen LogP contribution in [0.1, 0.15) is 203 Å². The first-order chi connectivity index (χ1) is 34.4. The lowest BCUT2D eigenvalue weighted by Gasteiger charge is -2.51. The molecule has 12 rings (SSSR count). The first-order valence-corrected chi connectivity index (χ1v) is 29.4. The highest BCUT2D eigenvalue weighted by Gasteiger charge is 2.51. The second kappa shape index (κ2) is 15.9. The third-order valence-electron chi connectivity index (χ3n) is 20.3. The summed E-state index contributed by atoms with van der Waals surface area (Å²) in [6, 6.07) is 35.2. The molecular weight excluding hydrogens is 912 g/mol. The van der Waals surface area contributed by atoms with Gasteiger partial charge in [-0.25, -0.2) is 0 Å². The number of nitrogens with zero attached hydrogens (tertiary/aromatic N) is 2. The van der Waals surface area contributed by atoms with Crippen LogP contribution in [-0.4, -0.2) is 6.71 Å². The molecule has 1 atom stereocenters. The highest BCUT2D eigenvalue weighted by atomic mass is 32.1. The van der Waals surface area contributed by atoms with Gasteiger partial charge in [0.05, 0.1) is 5.00 Å². The van der Waals surface area contributed by atoms with Crippen LogP contribution < -0.4 is 26.2 Å². The van der Waals surface area contributed by atoms with Gasteiger partial charge in [0.25, 0.3) is 6.71 Å². The maximum atomic E-state index is 2.81. The topological polar surface area (TPSA) is 6.48 Å². The predicted octanol–water partition coefficient (Wildman–Crippen LogP) is 18.3. The van der Waals surface area contributed by atoms with Gasteiger partial charge in [0.1, 0.15) is 0 Å². The molecule has 1 saturated carbocycles. The Kier molecular flexibility index (Phi) is 10.8. The van der Waals surface area contributed by atoms with Gasteiger partial charge in [-0.1, -0.05) is 185 Å². The first-order valence-electron chi connectivity index (χ1n) is 28.6. The Hall–Kier alpha value is -4.80. The molecule has 6 aliphatic rings. The molecule has 1 unspecified atom stereocenters.